The third-order valence-electron chi connectivity index (χ3n) is 4.46. The highest BCUT2D eigenvalue weighted by Crippen LogP contribution is 2.30. The van der Waals surface area contributed by atoms with Gasteiger partial charge in [-0.15, -0.1) is 0 Å². The molecule has 0 aliphatic heterocycles. The van der Waals surface area contributed by atoms with Gasteiger partial charge in [-0.1, -0.05) is 18.2 Å². The van der Waals surface area contributed by atoms with E-state index < -0.39 is 16.7 Å². The van der Waals surface area contributed by atoms with E-state index in [1.54, 1.807) is 19.1 Å². The minimum atomic E-state index is -1.31. The van der Waals surface area contributed by atoms with Crippen LogP contribution in [0.3, 0.4) is 0 Å². The van der Waals surface area contributed by atoms with Crippen LogP contribution in [0, 0.1) is 17.0 Å². The van der Waals surface area contributed by atoms with Crippen molar-refractivity contribution in [2.45, 2.75) is 20.4 Å². The van der Waals surface area contributed by atoms with Crippen LogP contribution >= 0.6 is 0 Å². The Hall–Kier alpha value is -3.48. The lowest BCUT2D eigenvalue weighted by Gasteiger charge is -2.07. The zero-order chi connectivity index (χ0) is 19.0. The smallest absolute Gasteiger partial charge is 0.336 e. The van der Waals surface area contributed by atoms with Crippen LogP contribution in [0.2, 0.25) is 0 Å². The predicted octanol–water partition coefficient (Wildman–Crippen LogP) is 3.81. The number of rotatable bonds is 5. The molecule has 7 heteroatoms. The first-order chi connectivity index (χ1) is 12.4. The van der Waals surface area contributed by atoms with Crippen molar-refractivity contribution >= 4 is 28.3 Å². The molecule has 0 fully saturated rings. The van der Waals surface area contributed by atoms with E-state index in [-0.39, 0.29) is 16.8 Å². The minimum Gasteiger partial charge on any atom is -0.478 e. The van der Waals surface area contributed by atoms with Crippen LogP contribution in [-0.2, 0) is 6.54 Å². The van der Waals surface area contributed by atoms with Gasteiger partial charge < -0.3 is 9.67 Å². The van der Waals surface area contributed by atoms with Gasteiger partial charge in [0.05, 0.1) is 16.1 Å². The van der Waals surface area contributed by atoms with Crippen molar-refractivity contribution < 1.29 is 19.6 Å². The van der Waals surface area contributed by atoms with E-state index in [2.05, 4.69) is 0 Å². The number of nitro groups is 1. The van der Waals surface area contributed by atoms with Crippen LogP contribution in [0.1, 0.15) is 38.9 Å². The second-order valence-corrected chi connectivity index (χ2v) is 5.84. The maximum absolute atomic E-state index is 13.2. The molecule has 0 bridgehead atoms. The van der Waals surface area contributed by atoms with E-state index in [0.29, 0.717) is 23.2 Å². The number of carbonyl (C=O) groups excluding carboxylic acids is 1. The van der Waals surface area contributed by atoms with Crippen LogP contribution < -0.4 is 0 Å². The Balaban J connectivity index is 2.30. The summed E-state index contributed by atoms with van der Waals surface area (Å²) in [5.74, 6) is -1.84. The van der Waals surface area contributed by atoms with Crippen molar-refractivity contribution in [1.29, 1.82) is 0 Å². The summed E-state index contributed by atoms with van der Waals surface area (Å²) in [6.07, 6.45) is 0. The summed E-state index contributed by atoms with van der Waals surface area (Å²) in [6, 6.07) is 10.5. The van der Waals surface area contributed by atoms with E-state index in [0.717, 1.165) is 23.7 Å². The van der Waals surface area contributed by atoms with Gasteiger partial charge in [0.15, 0.2) is 5.78 Å². The molecular formula is C19H16N2O5. The van der Waals surface area contributed by atoms with Gasteiger partial charge in [0.1, 0.15) is 0 Å². The average Bonchev–Trinajstić information content (AvgIpc) is 2.91. The molecule has 0 aliphatic rings. The molecule has 0 unspecified atom stereocenters. The SMILES string of the molecule is CCn1c(C)c(C(=O)c2cc([N+](=O)[O-])ccc2C(=O)O)c2ccccc21. The first kappa shape index (κ1) is 17.3. The maximum atomic E-state index is 13.2. The number of hydrogen-bond acceptors (Lipinski definition) is 4. The highest BCUT2D eigenvalue weighted by Gasteiger charge is 2.26. The molecule has 0 radical (unpaired) electrons. The normalized spacial score (nSPS) is 10.8. The number of nitrogens with zero attached hydrogens (tertiary/aromatic N) is 2. The summed E-state index contributed by atoms with van der Waals surface area (Å²) < 4.78 is 1.96. The molecule has 132 valence electrons. The van der Waals surface area contributed by atoms with Crippen LogP contribution in [0.5, 0.6) is 0 Å². The Kier molecular flexibility index (Phi) is 4.29. The number of benzene rings is 2. The van der Waals surface area contributed by atoms with E-state index in [1.807, 2.05) is 23.6 Å². The molecule has 3 rings (SSSR count). The molecule has 0 aliphatic carbocycles. The van der Waals surface area contributed by atoms with Gasteiger partial charge in [-0.2, -0.15) is 0 Å². The summed E-state index contributed by atoms with van der Waals surface area (Å²) in [5.41, 5.74) is 1.16. The minimum absolute atomic E-state index is 0.186. The lowest BCUT2D eigenvalue weighted by Crippen LogP contribution is -2.11. The summed E-state index contributed by atoms with van der Waals surface area (Å²) in [6.45, 7) is 4.37. The third-order valence-corrected chi connectivity index (χ3v) is 4.46. The second kappa shape index (κ2) is 6.44. The topological polar surface area (TPSA) is 102 Å². The molecule has 2 aromatic carbocycles. The fourth-order valence-corrected chi connectivity index (χ4v) is 3.28. The van der Waals surface area contributed by atoms with Gasteiger partial charge in [-0.3, -0.25) is 14.9 Å². The zero-order valence-corrected chi connectivity index (χ0v) is 14.2. The number of non-ortho nitro benzene ring substituents is 1. The van der Waals surface area contributed by atoms with Crippen LogP contribution in [0.25, 0.3) is 10.9 Å². The molecule has 0 amide bonds. The van der Waals surface area contributed by atoms with Gasteiger partial charge in [-0.05, 0) is 26.0 Å². The van der Waals surface area contributed by atoms with Crippen molar-refractivity contribution in [1.82, 2.24) is 4.57 Å². The number of para-hydroxylation sites is 1. The molecule has 0 spiro atoms. The quantitative estimate of drug-likeness (QED) is 0.427. The van der Waals surface area contributed by atoms with Crippen LogP contribution in [-0.4, -0.2) is 26.3 Å². The first-order valence-corrected chi connectivity index (χ1v) is 8.01. The number of carbonyl (C=O) groups is 2. The molecular weight excluding hydrogens is 336 g/mol. The molecule has 7 nitrogen and oxygen atoms in total. The molecule has 26 heavy (non-hydrogen) atoms. The van der Waals surface area contributed by atoms with Crippen LogP contribution in [0.4, 0.5) is 5.69 Å². The Morgan fingerprint density at radius 2 is 1.85 bits per heavy atom. The molecule has 0 saturated heterocycles. The molecule has 1 heterocycles. The number of aryl methyl sites for hydroxylation is 1. The number of aromatic nitrogens is 1. The van der Waals surface area contributed by atoms with E-state index in [9.17, 15) is 24.8 Å². The number of aromatic carboxylic acids is 1. The second-order valence-electron chi connectivity index (χ2n) is 5.84. The number of carboxylic acid groups (broad SMARTS) is 1. The van der Waals surface area contributed by atoms with E-state index >= 15 is 0 Å². The highest BCUT2D eigenvalue weighted by atomic mass is 16.6. The monoisotopic (exact) mass is 352 g/mol. The highest BCUT2D eigenvalue weighted by molar-refractivity contribution is 6.20. The van der Waals surface area contributed by atoms with Crippen molar-refractivity contribution in [3.05, 3.63) is 75.0 Å². The molecule has 0 atom stereocenters. The standard InChI is InChI=1S/C19H16N2O5/c1-3-20-11(2)17(14-6-4-5-7-16(14)20)18(22)15-10-12(21(25)26)8-9-13(15)19(23)24/h4-10H,3H2,1-2H3,(H,23,24). The number of ketones is 1. The van der Waals surface area contributed by atoms with E-state index in [4.69, 9.17) is 0 Å². The van der Waals surface area contributed by atoms with Gasteiger partial charge in [0.2, 0.25) is 0 Å². The summed E-state index contributed by atoms with van der Waals surface area (Å²) in [4.78, 5) is 35.2. The molecule has 1 aromatic heterocycles. The Morgan fingerprint density at radius 3 is 2.46 bits per heavy atom. The Morgan fingerprint density at radius 1 is 1.15 bits per heavy atom. The number of hydrogen-bond donors (Lipinski definition) is 1. The fourth-order valence-electron chi connectivity index (χ4n) is 3.28. The fraction of sp³-hybridized carbons (Fsp3) is 0.158. The summed E-state index contributed by atoms with van der Waals surface area (Å²) in [5, 5.41) is 21.2. The maximum Gasteiger partial charge on any atom is 0.336 e. The summed E-state index contributed by atoms with van der Waals surface area (Å²) in [7, 11) is 0. The van der Waals surface area contributed by atoms with Crippen molar-refractivity contribution in [3.8, 4) is 0 Å². The van der Waals surface area contributed by atoms with E-state index in [1.165, 1.54) is 0 Å². The largest absolute Gasteiger partial charge is 0.478 e. The third kappa shape index (κ3) is 2.63. The van der Waals surface area contributed by atoms with Gasteiger partial charge >= 0.3 is 5.97 Å². The molecule has 0 saturated carbocycles. The van der Waals surface area contributed by atoms with Crippen molar-refractivity contribution in [2.75, 3.05) is 0 Å². The number of nitro benzene ring substituents is 1. The summed E-state index contributed by atoms with van der Waals surface area (Å²) >= 11 is 0. The molecule has 1 N–H and O–H groups in total. The van der Waals surface area contributed by atoms with Crippen LogP contribution in [0.15, 0.2) is 42.5 Å². The molecule has 3 aromatic rings. The lowest BCUT2D eigenvalue weighted by atomic mass is 9.96. The van der Waals surface area contributed by atoms with Gasteiger partial charge in [0, 0.05) is 40.8 Å². The number of fused-ring (bicyclic) bond motifs is 1. The van der Waals surface area contributed by atoms with Crippen molar-refractivity contribution in [3.63, 3.8) is 0 Å². The van der Waals surface area contributed by atoms with Gasteiger partial charge in [0.25, 0.3) is 5.69 Å². The average molecular weight is 352 g/mol. The lowest BCUT2D eigenvalue weighted by molar-refractivity contribution is -0.384. The van der Waals surface area contributed by atoms with Crippen molar-refractivity contribution in [2.24, 2.45) is 0 Å². The Labute approximate surface area is 148 Å². The zero-order valence-electron chi connectivity index (χ0n) is 14.2. The number of carboxylic acids is 1. The first-order valence-electron chi connectivity index (χ1n) is 8.01. The Bertz CT molecular complexity index is 1070. The predicted molar refractivity (Wildman–Crippen MR) is 95.8 cm³/mol. The van der Waals surface area contributed by atoms with Gasteiger partial charge in [-0.25, -0.2) is 4.79 Å².